The van der Waals surface area contributed by atoms with Gasteiger partial charge >= 0.3 is 0 Å². The average Bonchev–Trinajstić information content (AvgIpc) is 3.67. The zero-order valence-electron chi connectivity index (χ0n) is 37.2. The second-order valence-corrected chi connectivity index (χ2v) is 16.3. The standard InChI is InChI=1S/C55H46N3O.Pt/c1-35-20-25-50(47(29-35)40-21-23-45(24-22-40)55(4,5)6)58-51-19-13-18-46(52(51)57-54(58)48-30-36(2)28-37(3)53(48)59)43-31-42(39-16-11-8-12-17-39)32-44(33-43)49-34-41(26-27-56-49)38-14-9-7-10-15-38;/h7-32,34,59H,1-6H3;/q-1;/i1D3;. The molecule has 7 aromatic carbocycles. The number of para-hydroxylation sites is 1. The Labute approximate surface area is 371 Å². The summed E-state index contributed by atoms with van der Waals surface area (Å²) in [6, 6.07) is 56.4. The van der Waals surface area contributed by atoms with Crippen LogP contribution in [0.4, 0.5) is 0 Å². The second-order valence-electron chi connectivity index (χ2n) is 16.3. The van der Waals surface area contributed by atoms with Gasteiger partial charge in [0.1, 0.15) is 11.6 Å². The van der Waals surface area contributed by atoms with Crippen LogP contribution in [0.1, 0.15) is 47.1 Å². The Morgan fingerprint density at radius 2 is 1.28 bits per heavy atom. The molecule has 9 rings (SSSR count). The molecule has 9 aromatic rings. The number of phenols is 1. The Kier molecular flexibility index (Phi) is 10.0. The minimum absolute atomic E-state index is 0. The quantitative estimate of drug-likeness (QED) is 0.162. The summed E-state index contributed by atoms with van der Waals surface area (Å²) >= 11 is 0. The van der Waals surface area contributed by atoms with E-state index in [-0.39, 0.29) is 37.8 Å². The molecule has 0 bridgehead atoms. The number of fused-ring (bicyclic) bond motifs is 1. The first-order valence-electron chi connectivity index (χ1n) is 21.5. The Morgan fingerprint density at radius 1 is 0.600 bits per heavy atom. The van der Waals surface area contributed by atoms with Crippen molar-refractivity contribution in [1.82, 2.24) is 14.5 Å². The number of pyridine rings is 1. The van der Waals surface area contributed by atoms with Crippen LogP contribution in [0, 0.1) is 26.8 Å². The number of aromatic hydroxyl groups is 1. The number of nitrogens with zero attached hydrogens (tertiary/aromatic N) is 3. The number of aryl methyl sites for hydroxylation is 3. The minimum Gasteiger partial charge on any atom is -0.507 e. The molecule has 0 aliphatic carbocycles. The van der Waals surface area contributed by atoms with Crippen molar-refractivity contribution in [2.75, 3.05) is 0 Å². The van der Waals surface area contributed by atoms with Crippen LogP contribution in [0.25, 0.3) is 83.9 Å². The van der Waals surface area contributed by atoms with E-state index in [1.165, 1.54) is 5.56 Å². The summed E-state index contributed by atoms with van der Waals surface area (Å²) in [5.41, 5.74) is 15.0. The van der Waals surface area contributed by atoms with Gasteiger partial charge in [-0.05, 0) is 95.4 Å². The molecule has 0 spiro atoms. The van der Waals surface area contributed by atoms with E-state index in [1.807, 2.05) is 92.8 Å². The number of hydrogen-bond acceptors (Lipinski definition) is 3. The average molecular weight is 963 g/mol. The molecule has 5 heteroatoms. The van der Waals surface area contributed by atoms with E-state index in [4.69, 9.17) is 14.1 Å². The molecule has 2 aromatic heterocycles. The van der Waals surface area contributed by atoms with Crippen LogP contribution < -0.4 is 0 Å². The fourth-order valence-electron chi connectivity index (χ4n) is 8.02. The van der Waals surface area contributed by atoms with E-state index in [9.17, 15) is 5.11 Å². The maximum Gasteiger partial charge on any atom is 0.148 e. The van der Waals surface area contributed by atoms with Crippen molar-refractivity contribution in [2.45, 2.75) is 46.9 Å². The maximum atomic E-state index is 11.8. The normalized spacial score (nSPS) is 12.4. The third-order valence-corrected chi connectivity index (χ3v) is 11.1. The summed E-state index contributed by atoms with van der Waals surface area (Å²) in [7, 11) is 0. The number of hydrogen-bond donors (Lipinski definition) is 1. The van der Waals surface area contributed by atoms with Crippen molar-refractivity contribution in [2.24, 2.45) is 0 Å². The Balaban J connectivity index is 0.00000544. The third-order valence-electron chi connectivity index (χ3n) is 11.1. The molecule has 0 unspecified atom stereocenters. The van der Waals surface area contributed by atoms with Crippen molar-refractivity contribution >= 4 is 11.0 Å². The van der Waals surface area contributed by atoms with Gasteiger partial charge in [0.2, 0.25) is 0 Å². The van der Waals surface area contributed by atoms with Gasteiger partial charge in [-0.3, -0.25) is 9.55 Å². The number of imidazole rings is 1. The monoisotopic (exact) mass is 962 g/mol. The Hall–Kier alpha value is -6.35. The van der Waals surface area contributed by atoms with Crippen molar-refractivity contribution < 1.29 is 30.3 Å². The molecule has 1 N–H and O–H groups in total. The van der Waals surface area contributed by atoms with E-state index in [0.29, 0.717) is 16.9 Å². The first kappa shape index (κ1) is 36.7. The fourth-order valence-corrected chi connectivity index (χ4v) is 8.02. The molecule has 60 heavy (non-hydrogen) atoms. The Morgan fingerprint density at radius 3 is 1.98 bits per heavy atom. The second kappa shape index (κ2) is 16.4. The van der Waals surface area contributed by atoms with Crippen LogP contribution in [0.2, 0.25) is 0 Å². The van der Waals surface area contributed by atoms with Crippen LogP contribution in [0.5, 0.6) is 5.75 Å². The van der Waals surface area contributed by atoms with E-state index in [0.717, 1.165) is 78.1 Å². The molecule has 4 nitrogen and oxygen atoms in total. The fraction of sp³-hybridized carbons (Fsp3) is 0.127. The number of benzene rings is 7. The van der Waals surface area contributed by atoms with Crippen LogP contribution in [0.15, 0.2) is 164 Å². The summed E-state index contributed by atoms with van der Waals surface area (Å²) in [6.45, 7) is 8.10. The first-order chi connectivity index (χ1) is 29.7. The van der Waals surface area contributed by atoms with Crippen LogP contribution >= 0.6 is 0 Å². The molecular formula is C55H46N3OPt-. The molecule has 0 atom stereocenters. The largest absolute Gasteiger partial charge is 0.507 e. The van der Waals surface area contributed by atoms with Gasteiger partial charge in [-0.1, -0.05) is 158 Å². The topological polar surface area (TPSA) is 50.9 Å². The van der Waals surface area contributed by atoms with Crippen molar-refractivity contribution in [3.63, 3.8) is 0 Å². The zero-order chi connectivity index (χ0) is 43.3. The van der Waals surface area contributed by atoms with Gasteiger partial charge in [-0.25, -0.2) is 4.98 Å². The molecule has 0 fully saturated rings. The maximum absolute atomic E-state index is 11.8. The molecule has 2 heterocycles. The van der Waals surface area contributed by atoms with Gasteiger partial charge in [0, 0.05) is 42.6 Å². The molecule has 298 valence electrons. The molecular weight excluding hydrogens is 914 g/mol. The van der Waals surface area contributed by atoms with Gasteiger partial charge in [-0.15, -0.1) is 23.8 Å². The van der Waals surface area contributed by atoms with Gasteiger partial charge < -0.3 is 5.11 Å². The SMILES string of the molecule is [2H]C([2H])([2H])c1ccc(-n2c(-c3cc(C)cc(C)c3O)nc3c(-c4[c-]c(-c5cc(-c6ccccc6)ccn5)cc(-c5ccccc5)c4)cccc32)c(-c2ccc(C(C)(C)C)cc2)c1.[Pt]. The van der Waals surface area contributed by atoms with Gasteiger partial charge in [-0.2, -0.15) is 0 Å². The van der Waals surface area contributed by atoms with Gasteiger partial charge in [0.05, 0.1) is 22.3 Å². The molecule has 0 saturated carbocycles. The molecule has 0 radical (unpaired) electrons. The van der Waals surface area contributed by atoms with Crippen molar-refractivity contribution in [3.05, 3.63) is 192 Å². The van der Waals surface area contributed by atoms with E-state index in [1.54, 1.807) is 12.1 Å². The molecule has 0 aliphatic rings. The number of aromatic nitrogens is 3. The van der Waals surface area contributed by atoms with Crippen molar-refractivity contribution in [3.8, 4) is 78.6 Å². The summed E-state index contributed by atoms with van der Waals surface area (Å²) in [6.07, 6.45) is 1.84. The number of rotatable bonds is 7. The number of phenolic OH excluding ortho intramolecular Hbond substituents is 1. The van der Waals surface area contributed by atoms with Crippen LogP contribution in [-0.4, -0.2) is 19.6 Å². The summed E-state index contributed by atoms with van der Waals surface area (Å²) in [4.78, 5) is 10.3. The van der Waals surface area contributed by atoms with Gasteiger partial charge in [0.25, 0.3) is 0 Å². The van der Waals surface area contributed by atoms with Gasteiger partial charge in [0.15, 0.2) is 0 Å². The predicted molar refractivity (Wildman–Crippen MR) is 245 cm³/mol. The van der Waals surface area contributed by atoms with Crippen LogP contribution in [-0.2, 0) is 26.5 Å². The molecule has 0 saturated heterocycles. The first-order valence-corrected chi connectivity index (χ1v) is 20.0. The molecule has 0 amide bonds. The predicted octanol–water partition coefficient (Wildman–Crippen LogP) is 14.1. The van der Waals surface area contributed by atoms with E-state index < -0.39 is 6.85 Å². The van der Waals surface area contributed by atoms with Crippen LogP contribution in [0.3, 0.4) is 0 Å². The summed E-state index contributed by atoms with van der Waals surface area (Å²) in [5, 5.41) is 11.8. The minimum atomic E-state index is -2.33. The summed E-state index contributed by atoms with van der Waals surface area (Å²) < 4.78 is 27.2. The third kappa shape index (κ3) is 7.76. The van der Waals surface area contributed by atoms with E-state index >= 15 is 0 Å². The zero-order valence-corrected chi connectivity index (χ0v) is 36.5. The van der Waals surface area contributed by atoms with E-state index in [2.05, 4.69) is 104 Å². The smallest absolute Gasteiger partial charge is 0.148 e. The van der Waals surface area contributed by atoms with Crippen molar-refractivity contribution in [1.29, 1.82) is 0 Å². The summed E-state index contributed by atoms with van der Waals surface area (Å²) in [5.74, 6) is 0.663. The Bertz CT molecular complexity index is 3120. The molecule has 0 aliphatic heterocycles.